The minimum Gasteiger partial charge on any atom is -0.394 e. The minimum absolute atomic E-state index is 0.171. The number of benzene rings is 2. The van der Waals surface area contributed by atoms with Crippen molar-refractivity contribution in [2.45, 2.75) is 17.5 Å². The number of pyridine rings is 1. The topological polar surface area (TPSA) is 130 Å². The van der Waals surface area contributed by atoms with Gasteiger partial charge >= 0.3 is 0 Å². The summed E-state index contributed by atoms with van der Waals surface area (Å²) in [7, 11) is -3.32. The zero-order valence-electron chi connectivity index (χ0n) is 21.4. The zero-order chi connectivity index (χ0) is 28.3. The van der Waals surface area contributed by atoms with Crippen molar-refractivity contribution < 1.29 is 23.1 Å². The Balaban J connectivity index is 1.46. The molecule has 0 aliphatic carbocycles. The molecule has 0 radical (unpaired) electrons. The molecule has 0 saturated carbocycles. The van der Waals surface area contributed by atoms with E-state index in [1.807, 2.05) is 47.2 Å². The number of aromatic nitrogens is 2. The van der Waals surface area contributed by atoms with Gasteiger partial charge in [0.15, 0.2) is 15.5 Å². The van der Waals surface area contributed by atoms with Gasteiger partial charge in [-0.2, -0.15) is 11.3 Å². The van der Waals surface area contributed by atoms with E-state index in [2.05, 4.69) is 10.6 Å². The number of amides is 2. The molecule has 0 saturated heterocycles. The number of sulfone groups is 1. The summed E-state index contributed by atoms with van der Waals surface area (Å²) in [5.74, 6) is -0.843. The number of carbonyl (C=O) groups is 2. The van der Waals surface area contributed by atoms with Gasteiger partial charge in [-0.25, -0.2) is 13.4 Å². The van der Waals surface area contributed by atoms with E-state index in [1.54, 1.807) is 34.9 Å². The van der Waals surface area contributed by atoms with E-state index in [1.165, 1.54) is 23.5 Å². The van der Waals surface area contributed by atoms with Crippen LogP contribution in [0.5, 0.6) is 0 Å². The standard InChI is InChI=1S/C29H26N4O5S2/c1-40(37,38)22-11-9-19(10-12-22)16-30-28(35)23-8-5-14-33-26(25(32-27(23)33)21-13-15-39-18-21)29(36)31-24(17-34)20-6-3-2-4-7-20/h2-15,18,24,34H,16-17H2,1H3,(H,30,35)(H,31,36)/t24-/m1/s1. The number of aliphatic hydroxyl groups is 1. The fraction of sp³-hybridized carbons (Fsp3) is 0.138. The lowest BCUT2D eigenvalue weighted by atomic mass is 10.1. The van der Waals surface area contributed by atoms with Crippen LogP contribution in [-0.2, 0) is 16.4 Å². The number of thiophene rings is 1. The Labute approximate surface area is 235 Å². The van der Waals surface area contributed by atoms with Gasteiger partial charge in [0, 0.05) is 29.9 Å². The van der Waals surface area contributed by atoms with Crippen molar-refractivity contribution >= 4 is 38.6 Å². The zero-order valence-corrected chi connectivity index (χ0v) is 23.1. The van der Waals surface area contributed by atoms with Crippen LogP contribution < -0.4 is 10.6 Å². The smallest absolute Gasteiger partial charge is 0.271 e. The maximum atomic E-state index is 13.6. The van der Waals surface area contributed by atoms with E-state index in [9.17, 15) is 23.1 Å². The quantitative estimate of drug-likeness (QED) is 0.245. The molecule has 1 atom stereocenters. The van der Waals surface area contributed by atoms with Crippen LogP contribution in [0.2, 0.25) is 0 Å². The first-order valence-corrected chi connectivity index (χ1v) is 15.2. The molecule has 11 heteroatoms. The lowest BCUT2D eigenvalue weighted by Gasteiger charge is -2.17. The Kier molecular flexibility index (Phi) is 7.78. The lowest BCUT2D eigenvalue weighted by Crippen LogP contribution is -2.32. The van der Waals surface area contributed by atoms with Gasteiger partial charge in [-0.1, -0.05) is 42.5 Å². The monoisotopic (exact) mass is 574 g/mol. The summed E-state index contributed by atoms with van der Waals surface area (Å²) < 4.78 is 25.0. The number of hydrogen-bond donors (Lipinski definition) is 3. The van der Waals surface area contributed by atoms with Gasteiger partial charge in [-0.15, -0.1) is 0 Å². The Hall–Kier alpha value is -4.32. The third-order valence-electron chi connectivity index (χ3n) is 6.40. The van der Waals surface area contributed by atoms with E-state index >= 15 is 0 Å². The number of fused-ring (bicyclic) bond motifs is 1. The molecule has 2 amide bonds. The summed E-state index contributed by atoms with van der Waals surface area (Å²) in [6.45, 7) is -0.121. The Bertz CT molecular complexity index is 1760. The second kappa shape index (κ2) is 11.4. The number of imidazole rings is 1. The number of carbonyl (C=O) groups excluding carboxylic acids is 2. The maximum absolute atomic E-state index is 13.6. The third-order valence-corrected chi connectivity index (χ3v) is 8.21. The van der Waals surface area contributed by atoms with Crippen LogP contribution in [0.15, 0.2) is 94.6 Å². The Morgan fingerprint density at radius 2 is 1.75 bits per heavy atom. The fourth-order valence-electron chi connectivity index (χ4n) is 4.34. The van der Waals surface area contributed by atoms with Gasteiger partial charge < -0.3 is 15.7 Å². The van der Waals surface area contributed by atoms with Gasteiger partial charge in [0.1, 0.15) is 11.4 Å². The third kappa shape index (κ3) is 5.67. The van der Waals surface area contributed by atoms with Gasteiger partial charge in [0.05, 0.1) is 23.1 Å². The Morgan fingerprint density at radius 1 is 1.00 bits per heavy atom. The first-order valence-electron chi connectivity index (χ1n) is 12.3. The Morgan fingerprint density at radius 3 is 2.40 bits per heavy atom. The highest BCUT2D eigenvalue weighted by atomic mass is 32.2. The SMILES string of the molecule is CS(=O)(=O)c1ccc(CNC(=O)c2cccn3c(C(=O)N[C@H](CO)c4ccccc4)c(-c4ccsc4)nc23)cc1. The highest BCUT2D eigenvalue weighted by Gasteiger charge is 2.26. The van der Waals surface area contributed by atoms with Crippen LogP contribution in [0.25, 0.3) is 16.9 Å². The van der Waals surface area contributed by atoms with E-state index in [0.717, 1.165) is 22.9 Å². The second-order valence-corrected chi connectivity index (χ2v) is 12.0. The largest absolute Gasteiger partial charge is 0.394 e. The first-order chi connectivity index (χ1) is 19.3. The fourth-order valence-corrected chi connectivity index (χ4v) is 5.61. The molecule has 2 aromatic carbocycles. The molecule has 0 aliphatic heterocycles. The number of nitrogens with zero attached hydrogens (tertiary/aromatic N) is 2. The molecule has 204 valence electrons. The van der Waals surface area contributed by atoms with Crippen LogP contribution in [0.3, 0.4) is 0 Å². The normalized spacial score (nSPS) is 12.2. The first kappa shape index (κ1) is 27.3. The summed E-state index contributed by atoms with van der Waals surface area (Å²) in [6, 6.07) is 20.0. The van der Waals surface area contributed by atoms with Gasteiger partial charge in [-0.05, 0) is 46.8 Å². The summed E-state index contributed by atoms with van der Waals surface area (Å²) >= 11 is 1.46. The molecule has 40 heavy (non-hydrogen) atoms. The molecule has 3 heterocycles. The molecular formula is C29H26N4O5S2. The molecule has 0 unspecified atom stereocenters. The molecule has 3 N–H and O–H groups in total. The lowest BCUT2D eigenvalue weighted by molar-refractivity contribution is 0.0908. The number of aliphatic hydroxyl groups excluding tert-OH is 1. The average molecular weight is 575 g/mol. The molecule has 0 aliphatic rings. The highest BCUT2D eigenvalue weighted by Crippen LogP contribution is 2.28. The predicted molar refractivity (Wildman–Crippen MR) is 153 cm³/mol. The van der Waals surface area contributed by atoms with Gasteiger partial charge in [-0.3, -0.25) is 14.0 Å². The second-order valence-electron chi connectivity index (χ2n) is 9.15. The molecule has 0 bridgehead atoms. The van der Waals surface area contributed by atoms with E-state index in [0.29, 0.717) is 11.3 Å². The molecule has 9 nitrogen and oxygen atoms in total. The van der Waals surface area contributed by atoms with Crippen molar-refractivity contribution in [3.8, 4) is 11.3 Å². The average Bonchev–Trinajstić information content (AvgIpc) is 3.63. The van der Waals surface area contributed by atoms with Crippen molar-refractivity contribution in [1.82, 2.24) is 20.0 Å². The summed E-state index contributed by atoms with van der Waals surface area (Å²) in [5, 5.41) is 19.5. The van der Waals surface area contributed by atoms with Crippen LogP contribution >= 0.6 is 11.3 Å². The minimum atomic E-state index is -3.32. The number of rotatable bonds is 9. The van der Waals surface area contributed by atoms with Crippen molar-refractivity contribution in [1.29, 1.82) is 0 Å². The molecule has 0 fully saturated rings. The molecule has 0 spiro atoms. The highest BCUT2D eigenvalue weighted by molar-refractivity contribution is 7.90. The van der Waals surface area contributed by atoms with Crippen molar-refractivity contribution in [3.05, 3.63) is 112 Å². The van der Waals surface area contributed by atoms with E-state index in [4.69, 9.17) is 4.98 Å². The summed E-state index contributed by atoms with van der Waals surface area (Å²) in [5.41, 5.74) is 3.46. The number of hydrogen-bond acceptors (Lipinski definition) is 7. The molecule has 5 rings (SSSR count). The van der Waals surface area contributed by atoms with Gasteiger partial charge in [0.2, 0.25) is 0 Å². The molecular weight excluding hydrogens is 548 g/mol. The molecule has 3 aromatic heterocycles. The van der Waals surface area contributed by atoms with Crippen LogP contribution in [0.4, 0.5) is 0 Å². The van der Waals surface area contributed by atoms with Crippen molar-refractivity contribution in [2.24, 2.45) is 0 Å². The van der Waals surface area contributed by atoms with E-state index in [-0.39, 0.29) is 29.3 Å². The van der Waals surface area contributed by atoms with Crippen LogP contribution in [0, 0.1) is 0 Å². The van der Waals surface area contributed by atoms with Crippen LogP contribution in [-0.4, -0.2) is 47.6 Å². The van der Waals surface area contributed by atoms with Crippen LogP contribution in [0.1, 0.15) is 38.0 Å². The summed E-state index contributed by atoms with van der Waals surface area (Å²) in [6.07, 6.45) is 2.81. The van der Waals surface area contributed by atoms with Gasteiger partial charge in [0.25, 0.3) is 11.8 Å². The summed E-state index contributed by atoms with van der Waals surface area (Å²) in [4.78, 5) is 31.8. The predicted octanol–water partition coefficient (Wildman–Crippen LogP) is 3.86. The van der Waals surface area contributed by atoms with Crippen molar-refractivity contribution in [3.63, 3.8) is 0 Å². The number of nitrogens with one attached hydrogen (secondary N) is 2. The molecule has 5 aromatic rings. The van der Waals surface area contributed by atoms with E-state index < -0.39 is 27.7 Å². The maximum Gasteiger partial charge on any atom is 0.271 e. The van der Waals surface area contributed by atoms with Crippen molar-refractivity contribution in [2.75, 3.05) is 12.9 Å².